The Morgan fingerprint density at radius 3 is 2.00 bits per heavy atom. The quantitative estimate of drug-likeness (QED) is 0.828. The van der Waals surface area contributed by atoms with Crippen molar-refractivity contribution in [3.05, 3.63) is 29.8 Å². The Hall–Kier alpha value is -1.02. The van der Waals surface area contributed by atoms with E-state index in [-0.39, 0.29) is 5.54 Å². The smallest absolute Gasteiger partial charge is 0.0467 e. The number of nitrogens with one attached hydrogen (secondary N) is 1. The van der Waals surface area contributed by atoms with Crippen molar-refractivity contribution in [2.45, 2.75) is 53.0 Å². The second kappa shape index (κ2) is 5.75. The van der Waals surface area contributed by atoms with Gasteiger partial charge in [-0.2, -0.15) is 0 Å². The second-order valence-corrected chi connectivity index (χ2v) is 6.82. The average Bonchev–Trinajstić information content (AvgIpc) is 2.29. The Balaban J connectivity index is 2.67. The van der Waals surface area contributed by atoms with Crippen molar-refractivity contribution in [2.24, 2.45) is 11.1 Å². The van der Waals surface area contributed by atoms with E-state index >= 15 is 0 Å². The van der Waals surface area contributed by atoms with Gasteiger partial charge >= 0.3 is 0 Å². The van der Waals surface area contributed by atoms with Crippen LogP contribution in [0, 0.1) is 12.3 Å². The van der Waals surface area contributed by atoms with Crippen LogP contribution in [0.3, 0.4) is 0 Å². The maximum absolute atomic E-state index is 5.95. The Bertz CT molecular complexity index is 362. The fourth-order valence-corrected chi connectivity index (χ4v) is 1.85. The van der Waals surface area contributed by atoms with Gasteiger partial charge in [0.05, 0.1) is 0 Å². The zero-order chi connectivity index (χ0) is 13.8. The molecule has 2 nitrogen and oxygen atoms in total. The third-order valence-electron chi connectivity index (χ3n) is 3.37. The molecule has 0 saturated heterocycles. The van der Waals surface area contributed by atoms with E-state index in [1.54, 1.807) is 0 Å². The minimum Gasteiger partial charge on any atom is -0.379 e. The fraction of sp³-hybridized carbons (Fsp3) is 0.625. The highest BCUT2D eigenvalue weighted by Crippen LogP contribution is 2.27. The molecule has 0 aliphatic carbocycles. The molecule has 0 bridgehead atoms. The molecule has 18 heavy (non-hydrogen) atoms. The first kappa shape index (κ1) is 15.0. The van der Waals surface area contributed by atoms with Gasteiger partial charge in [-0.1, -0.05) is 38.5 Å². The maximum atomic E-state index is 5.95. The summed E-state index contributed by atoms with van der Waals surface area (Å²) >= 11 is 0. The molecule has 1 atom stereocenters. The summed E-state index contributed by atoms with van der Waals surface area (Å²) in [4.78, 5) is 0. The lowest BCUT2D eigenvalue weighted by molar-refractivity contribution is 0.320. The molecule has 0 aliphatic heterocycles. The van der Waals surface area contributed by atoms with E-state index in [4.69, 9.17) is 5.73 Å². The Labute approximate surface area is 112 Å². The summed E-state index contributed by atoms with van der Waals surface area (Å²) in [5.41, 5.74) is 8.72. The van der Waals surface area contributed by atoms with Crippen molar-refractivity contribution in [1.29, 1.82) is 0 Å². The van der Waals surface area contributed by atoms with Crippen molar-refractivity contribution in [3.8, 4) is 0 Å². The first-order valence-corrected chi connectivity index (χ1v) is 6.79. The minimum atomic E-state index is -0.0253. The normalized spacial score (nSPS) is 15.2. The van der Waals surface area contributed by atoms with Gasteiger partial charge in [0.1, 0.15) is 0 Å². The Kier molecular flexibility index (Phi) is 4.80. The van der Waals surface area contributed by atoms with E-state index < -0.39 is 0 Å². The zero-order valence-corrected chi connectivity index (χ0v) is 12.5. The van der Waals surface area contributed by atoms with Gasteiger partial charge in [-0.25, -0.2) is 0 Å². The van der Waals surface area contributed by atoms with Crippen molar-refractivity contribution >= 4 is 5.69 Å². The average molecular weight is 248 g/mol. The van der Waals surface area contributed by atoms with E-state index in [0.29, 0.717) is 12.0 Å². The predicted molar refractivity (Wildman–Crippen MR) is 81.0 cm³/mol. The first-order chi connectivity index (χ1) is 8.24. The summed E-state index contributed by atoms with van der Waals surface area (Å²) < 4.78 is 0. The Morgan fingerprint density at radius 2 is 1.56 bits per heavy atom. The summed E-state index contributed by atoms with van der Waals surface area (Å²) in [6.45, 7) is 11.8. The SMILES string of the molecule is Cc1ccc(NC(C)(CN)CCC(C)(C)C)cc1. The van der Waals surface area contributed by atoms with E-state index in [0.717, 1.165) is 12.1 Å². The summed E-state index contributed by atoms with van der Waals surface area (Å²) in [5, 5.41) is 3.58. The van der Waals surface area contributed by atoms with Gasteiger partial charge in [-0.15, -0.1) is 0 Å². The summed E-state index contributed by atoms with van der Waals surface area (Å²) in [7, 11) is 0. The largest absolute Gasteiger partial charge is 0.379 e. The third kappa shape index (κ3) is 5.09. The van der Waals surface area contributed by atoms with Crippen molar-refractivity contribution in [1.82, 2.24) is 0 Å². The van der Waals surface area contributed by atoms with Crippen LogP contribution in [0.5, 0.6) is 0 Å². The van der Waals surface area contributed by atoms with Crippen LogP contribution in [0.25, 0.3) is 0 Å². The molecule has 0 saturated carbocycles. The van der Waals surface area contributed by atoms with Gasteiger partial charge in [-0.3, -0.25) is 0 Å². The number of nitrogens with two attached hydrogens (primary N) is 1. The van der Waals surface area contributed by atoms with Gasteiger partial charge in [0, 0.05) is 17.8 Å². The molecule has 0 aromatic heterocycles. The number of aryl methyl sites for hydroxylation is 1. The lowest BCUT2D eigenvalue weighted by Gasteiger charge is -2.33. The third-order valence-corrected chi connectivity index (χ3v) is 3.37. The molecule has 1 unspecified atom stereocenters. The molecule has 2 heteroatoms. The zero-order valence-electron chi connectivity index (χ0n) is 12.5. The molecule has 1 aromatic rings. The standard InChI is InChI=1S/C16H28N2/c1-13-6-8-14(9-7-13)18-16(5,12-17)11-10-15(2,3)4/h6-9,18H,10-12,17H2,1-5H3. The van der Waals surface area contributed by atoms with E-state index in [2.05, 4.69) is 64.2 Å². The second-order valence-electron chi connectivity index (χ2n) is 6.82. The van der Waals surface area contributed by atoms with Crippen LogP contribution < -0.4 is 11.1 Å². The highest BCUT2D eigenvalue weighted by atomic mass is 15.0. The first-order valence-electron chi connectivity index (χ1n) is 6.79. The maximum Gasteiger partial charge on any atom is 0.0467 e. The molecule has 0 radical (unpaired) electrons. The summed E-state index contributed by atoms with van der Waals surface area (Å²) in [6, 6.07) is 8.51. The molecular weight excluding hydrogens is 220 g/mol. The number of hydrogen-bond acceptors (Lipinski definition) is 2. The number of benzene rings is 1. The number of rotatable bonds is 5. The molecular formula is C16H28N2. The van der Waals surface area contributed by atoms with Gasteiger partial charge in [0.15, 0.2) is 0 Å². The topological polar surface area (TPSA) is 38.0 Å². The van der Waals surface area contributed by atoms with Gasteiger partial charge in [0.2, 0.25) is 0 Å². The molecule has 0 amide bonds. The van der Waals surface area contributed by atoms with Crippen LogP contribution in [0.2, 0.25) is 0 Å². The number of hydrogen-bond donors (Lipinski definition) is 2. The highest BCUT2D eigenvalue weighted by molar-refractivity contribution is 5.46. The van der Waals surface area contributed by atoms with E-state index in [1.165, 1.54) is 12.0 Å². The molecule has 102 valence electrons. The van der Waals surface area contributed by atoms with Crippen molar-refractivity contribution in [2.75, 3.05) is 11.9 Å². The van der Waals surface area contributed by atoms with E-state index in [9.17, 15) is 0 Å². The van der Waals surface area contributed by atoms with E-state index in [1.807, 2.05) is 0 Å². The van der Waals surface area contributed by atoms with Gasteiger partial charge < -0.3 is 11.1 Å². The summed E-state index contributed by atoms with van der Waals surface area (Å²) in [6.07, 6.45) is 2.25. The van der Waals surface area contributed by atoms with Crippen LogP contribution in [0.1, 0.15) is 46.1 Å². The molecule has 0 fully saturated rings. The molecule has 1 aromatic carbocycles. The highest BCUT2D eigenvalue weighted by Gasteiger charge is 2.24. The summed E-state index contributed by atoms with van der Waals surface area (Å²) in [5.74, 6) is 0. The Morgan fingerprint density at radius 1 is 1.00 bits per heavy atom. The van der Waals surface area contributed by atoms with Crippen molar-refractivity contribution in [3.63, 3.8) is 0 Å². The lowest BCUT2D eigenvalue weighted by Crippen LogP contribution is -2.43. The van der Waals surface area contributed by atoms with Gasteiger partial charge in [0.25, 0.3) is 0 Å². The molecule has 3 N–H and O–H groups in total. The lowest BCUT2D eigenvalue weighted by atomic mass is 9.84. The fourth-order valence-electron chi connectivity index (χ4n) is 1.85. The predicted octanol–water partition coefficient (Wildman–Crippen LogP) is 3.95. The molecule has 0 aliphatic rings. The van der Waals surface area contributed by atoms with Crippen molar-refractivity contribution < 1.29 is 0 Å². The van der Waals surface area contributed by atoms with Gasteiger partial charge in [-0.05, 0) is 44.2 Å². The number of anilines is 1. The van der Waals surface area contributed by atoms with Crippen LogP contribution in [-0.4, -0.2) is 12.1 Å². The van der Waals surface area contributed by atoms with Crippen LogP contribution in [0.15, 0.2) is 24.3 Å². The molecule has 1 rings (SSSR count). The minimum absolute atomic E-state index is 0.0253. The molecule has 0 heterocycles. The molecule has 0 spiro atoms. The monoisotopic (exact) mass is 248 g/mol. The van der Waals surface area contributed by atoms with Crippen LogP contribution in [-0.2, 0) is 0 Å². The van der Waals surface area contributed by atoms with Crippen LogP contribution >= 0.6 is 0 Å². The van der Waals surface area contributed by atoms with Crippen LogP contribution in [0.4, 0.5) is 5.69 Å².